The number of hydrogen-bond acceptors (Lipinski definition) is 6. The van der Waals surface area contributed by atoms with Gasteiger partial charge in [0.05, 0.1) is 16.8 Å². The van der Waals surface area contributed by atoms with Gasteiger partial charge in [-0.25, -0.2) is 15.0 Å². The van der Waals surface area contributed by atoms with Crippen molar-refractivity contribution in [3.63, 3.8) is 0 Å². The highest BCUT2D eigenvalue weighted by molar-refractivity contribution is 7.09. The molecule has 0 atom stereocenters. The molecule has 0 bridgehead atoms. The average molecular weight is 332 g/mol. The Kier molecular flexibility index (Phi) is 4.92. The maximum atomic E-state index is 9.46. The number of aliphatic hydroxyl groups excluding tert-OH is 1. The smallest absolute Gasteiger partial charge is 0.129 e. The molecule has 6 heteroatoms. The molecule has 0 saturated heterocycles. The molecule has 2 heterocycles. The Morgan fingerprint density at radius 3 is 2.74 bits per heavy atom. The van der Waals surface area contributed by atoms with Crippen LogP contribution in [0, 0.1) is 6.92 Å². The minimum atomic E-state index is -0.161. The van der Waals surface area contributed by atoms with Gasteiger partial charge in [-0.05, 0) is 19.8 Å². The lowest BCUT2D eigenvalue weighted by atomic mass is 9.80. The number of aromatic nitrogens is 3. The highest BCUT2D eigenvalue weighted by Gasteiger charge is 2.30. The van der Waals surface area contributed by atoms with E-state index >= 15 is 0 Å². The molecule has 5 nitrogen and oxygen atoms in total. The maximum absolute atomic E-state index is 9.46. The second-order valence-corrected chi connectivity index (χ2v) is 7.45. The normalized spacial score (nSPS) is 20.6. The van der Waals surface area contributed by atoms with Crippen LogP contribution in [-0.4, -0.2) is 32.7 Å². The molecule has 1 aliphatic carbocycles. The van der Waals surface area contributed by atoms with Crippen LogP contribution >= 0.6 is 11.3 Å². The van der Waals surface area contributed by atoms with Gasteiger partial charge in [-0.1, -0.05) is 13.8 Å². The Bertz CT molecular complexity index is 664. The number of rotatable bonds is 6. The van der Waals surface area contributed by atoms with Gasteiger partial charge in [0.15, 0.2) is 0 Å². The number of anilines is 1. The van der Waals surface area contributed by atoms with Crippen molar-refractivity contribution in [2.24, 2.45) is 0 Å². The Labute approximate surface area is 141 Å². The number of nitrogens with zero attached hydrogens (tertiary/aromatic N) is 3. The molecule has 0 spiro atoms. The van der Waals surface area contributed by atoms with Crippen molar-refractivity contribution in [1.29, 1.82) is 0 Å². The van der Waals surface area contributed by atoms with Crippen LogP contribution in [0.2, 0.25) is 0 Å². The minimum absolute atomic E-state index is 0.161. The number of aryl methyl sites for hydroxylation is 1. The Balaban J connectivity index is 1.57. The van der Waals surface area contributed by atoms with Gasteiger partial charge >= 0.3 is 0 Å². The first-order valence-electron chi connectivity index (χ1n) is 8.23. The zero-order valence-electron chi connectivity index (χ0n) is 13.9. The van der Waals surface area contributed by atoms with E-state index in [4.69, 9.17) is 0 Å². The summed E-state index contributed by atoms with van der Waals surface area (Å²) in [5.41, 5.74) is 2.18. The fourth-order valence-corrected chi connectivity index (χ4v) is 3.61. The Hall–Kier alpha value is -1.53. The lowest BCUT2D eigenvalue weighted by Crippen LogP contribution is -2.27. The molecule has 0 aromatic carbocycles. The third kappa shape index (κ3) is 4.06. The van der Waals surface area contributed by atoms with Crippen molar-refractivity contribution < 1.29 is 5.11 Å². The van der Waals surface area contributed by atoms with Gasteiger partial charge in [0.1, 0.15) is 11.6 Å². The SMILES string of the molecule is Cc1nc(NCCc2csc(C(C)C)n2)cc(C2CC(O)C2)n1. The number of nitrogens with one attached hydrogen (secondary N) is 1. The van der Waals surface area contributed by atoms with E-state index in [1.807, 2.05) is 13.0 Å². The average Bonchev–Trinajstić information content (AvgIpc) is 2.92. The predicted octanol–water partition coefficient (Wildman–Crippen LogP) is 3.26. The van der Waals surface area contributed by atoms with Crippen LogP contribution in [0.4, 0.5) is 5.82 Å². The minimum Gasteiger partial charge on any atom is -0.393 e. The second kappa shape index (κ2) is 6.93. The molecule has 1 saturated carbocycles. The Morgan fingerprint density at radius 2 is 2.09 bits per heavy atom. The van der Waals surface area contributed by atoms with E-state index in [2.05, 4.69) is 39.5 Å². The zero-order chi connectivity index (χ0) is 16.4. The third-order valence-electron chi connectivity index (χ3n) is 4.14. The van der Waals surface area contributed by atoms with E-state index in [1.165, 1.54) is 5.01 Å². The highest BCUT2D eigenvalue weighted by Crippen LogP contribution is 2.36. The second-order valence-electron chi connectivity index (χ2n) is 6.56. The van der Waals surface area contributed by atoms with Crippen molar-refractivity contribution in [2.75, 3.05) is 11.9 Å². The molecular weight excluding hydrogens is 308 g/mol. The van der Waals surface area contributed by atoms with Crippen molar-refractivity contribution >= 4 is 17.2 Å². The number of hydrogen-bond donors (Lipinski definition) is 2. The first-order chi connectivity index (χ1) is 11.0. The molecular formula is C17H24N4OS. The summed E-state index contributed by atoms with van der Waals surface area (Å²) in [6.07, 6.45) is 2.36. The molecule has 124 valence electrons. The quantitative estimate of drug-likeness (QED) is 0.849. The van der Waals surface area contributed by atoms with Crippen LogP contribution in [0.25, 0.3) is 0 Å². The summed E-state index contributed by atoms with van der Waals surface area (Å²) in [5, 5.41) is 16.2. The van der Waals surface area contributed by atoms with E-state index in [0.717, 1.165) is 48.8 Å². The molecule has 23 heavy (non-hydrogen) atoms. The molecule has 1 fully saturated rings. The van der Waals surface area contributed by atoms with Gasteiger partial charge in [-0.15, -0.1) is 11.3 Å². The van der Waals surface area contributed by atoms with E-state index in [1.54, 1.807) is 11.3 Å². The van der Waals surface area contributed by atoms with Crippen LogP contribution in [0.3, 0.4) is 0 Å². The number of thiazole rings is 1. The summed E-state index contributed by atoms with van der Waals surface area (Å²) >= 11 is 1.74. The van der Waals surface area contributed by atoms with E-state index < -0.39 is 0 Å². The zero-order valence-corrected chi connectivity index (χ0v) is 14.7. The molecule has 2 N–H and O–H groups in total. The van der Waals surface area contributed by atoms with Crippen molar-refractivity contribution in [3.8, 4) is 0 Å². The van der Waals surface area contributed by atoms with E-state index in [9.17, 15) is 5.11 Å². The van der Waals surface area contributed by atoms with Crippen molar-refractivity contribution in [3.05, 3.63) is 33.7 Å². The first-order valence-corrected chi connectivity index (χ1v) is 9.11. The van der Waals surface area contributed by atoms with Gasteiger partial charge in [0, 0.05) is 41.9 Å². The van der Waals surface area contributed by atoms with Crippen molar-refractivity contribution in [1.82, 2.24) is 15.0 Å². The van der Waals surface area contributed by atoms with E-state index in [0.29, 0.717) is 11.8 Å². The molecule has 0 radical (unpaired) electrons. The topological polar surface area (TPSA) is 70.9 Å². The van der Waals surface area contributed by atoms with Gasteiger partial charge in [0.2, 0.25) is 0 Å². The molecule has 3 rings (SSSR count). The molecule has 0 unspecified atom stereocenters. The lowest BCUT2D eigenvalue weighted by Gasteiger charge is -2.31. The maximum Gasteiger partial charge on any atom is 0.129 e. The molecule has 0 aliphatic heterocycles. The molecule has 0 amide bonds. The summed E-state index contributed by atoms with van der Waals surface area (Å²) in [5.74, 6) is 2.52. The predicted molar refractivity (Wildman–Crippen MR) is 93.1 cm³/mol. The largest absolute Gasteiger partial charge is 0.393 e. The molecule has 2 aromatic rings. The fraction of sp³-hybridized carbons (Fsp3) is 0.588. The monoisotopic (exact) mass is 332 g/mol. The first kappa shape index (κ1) is 16.3. The summed E-state index contributed by atoms with van der Waals surface area (Å²) in [7, 11) is 0. The fourth-order valence-electron chi connectivity index (χ4n) is 2.74. The molecule has 2 aromatic heterocycles. The van der Waals surface area contributed by atoms with Gasteiger partial charge in [-0.2, -0.15) is 0 Å². The highest BCUT2D eigenvalue weighted by atomic mass is 32.1. The Morgan fingerprint density at radius 1 is 1.30 bits per heavy atom. The van der Waals surface area contributed by atoms with Gasteiger partial charge < -0.3 is 10.4 Å². The summed E-state index contributed by atoms with van der Waals surface area (Å²) in [4.78, 5) is 13.6. The van der Waals surface area contributed by atoms with E-state index in [-0.39, 0.29) is 6.10 Å². The lowest BCUT2D eigenvalue weighted by molar-refractivity contribution is 0.0731. The van der Waals surface area contributed by atoms with Crippen LogP contribution < -0.4 is 5.32 Å². The summed E-state index contributed by atoms with van der Waals surface area (Å²) in [6.45, 7) is 7.07. The van der Waals surface area contributed by atoms with Crippen LogP contribution in [0.1, 0.15) is 60.7 Å². The van der Waals surface area contributed by atoms with Crippen LogP contribution in [0.5, 0.6) is 0 Å². The summed E-state index contributed by atoms with van der Waals surface area (Å²) in [6, 6.07) is 2.02. The third-order valence-corrected chi connectivity index (χ3v) is 5.33. The number of aliphatic hydroxyl groups is 1. The van der Waals surface area contributed by atoms with Gasteiger partial charge in [0.25, 0.3) is 0 Å². The van der Waals surface area contributed by atoms with Crippen LogP contribution in [0.15, 0.2) is 11.4 Å². The van der Waals surface area contributed by atoms with Crippen LogP contribution in [-0.2, 0) is 6.42 Å². The van der Waals surface area contributed by atoms with Crippen molar-refractivity contribution in [2.45, 2.75) is 58.0 Å². The summed E-state index contributed by atoms with van der Waals surface area (Å²) < 4.78 is 0. The van der Waals surface area contributed by atoms with Gasteiger partial charge in [-0.3, -0.25) is 0 Å². The molecule has 1 aliphatic rings. The standard InChI is InChI=1S/C17H24N4OS/c1-10(2)17-21-13(9-23-17)4-5-18-16-8-15(19-11(3)20-16)12-6-14(22)7-12/h8-10,12,14,22H,4-7H2,1-3H3,(H,18,19,20).